The zero-order chi connectivity index (χ0) is 23.2. The molecule has 0 spiro atoms. The number of ether oxygens (including phenoxy) is 2. The first-order valence-corrected chi connectivity index (χ1v) is 11.6. The smallest absolute Gasteiger partial charge is 0.330 e. The number of hydrogen-bond acceptors (Lipinski definition) is 14. The second kappa shape index (κ2) is 12.2. The summed E-state index contributed by atoms with van der Waals surface area (Å²) >= 11 is 0. The molecule has 1 aliphatic heterocycles. The molecule has 1 aromatic rings. The molecule has 1 aromatic heterocycles. The highest BCUT2D eigenvalue weighted by Gasteiger charge is 2.44. The summed E-state index contributed by atoms with van der Waals surface area (Å²) in [6, 6.07) is 0.959. The van der Waals surface area contributed by atoms with Crippen LogP contribution >= 0.6 is 15.6 Å². The van der Waals surface area contributed by atoms with E-state index >= 15 is 0 Å². The fourth-order valence-corrected chi connectivity index (χ4v) is 4.44. The minimum Gasteiger partial charge on any atom is -0.756 e. The van der Waals surface area contributed by atoms with Crippen molar-refractivity contribution >= 4 is 15.6 Å². The summed E-state index contributed by atoms with van der Waals surface area (Å²) < 4.78 is 46.7. The van der Waals surface area contributed by atoms with Gasteiger partial charge in [0.25, 0.3) is 21.2 Å². The highest BCUT2D eigenvalue weighted by Crippen LogP contribution is 2.55. The second-order valence-electron chi connectivity index (χ2n) is 6.07. The number of rotatable bonds is 12. The number of nitrogens with two attached hydrogens (primary N) is 1. The van der Waals surface area contributed by atoms with Crippen LogP contribution in [-0.2, 0) is 32.0 Å². The van der Waals surface area contributed by atoms with Crippen LogP contribution in [0, 0.1) is 0 Å². The summed E-state index contributed by atoms with van der Waals surface area (Å²) in [5.74, 6) is 0. The Hall–Kier alpha value is -1.30. The Morgan fingerprint density at radius 2 is 1.78 bits per heavy atom. The van der Waals surface area contributed by atoms with E-state index in [0.717, 1.165) is 16.8 Å². The molecule has 2 heterocycles. The van der Waals surface area contributed by atoms with E-state index in [1.54, 1.807) is 0 Å². The Morgan fingerprint density at radius 3 is 2.41 bits per heavy atom. The number of nitrogens with one attached hydrogen (secondary N) is 1. The van der Waals surface area contributed by atoms with Crippen molar-refractivity contribution in [3.05, 3.63) is 33.1 Å². The number of aliphatic hydroxyl groups excluding tert-OH is 2. The van der Waals surface area contributed by atoms with Gasteiger partial charge in [-0.1, -0.05) is 0 Å². The van der Waals surface area contributed by atoms with Crippen LogP contribution in [0.1, 0.15) is 6.23 Å². The SMILES string of the molecule is NCCOCCOP(=O)([O-])OP(=O)([O-])OCC1OC(n2ccc(=O)[nH]c2=O)C(O)C1O.[NH4+]. The molecule has 1 aliphatic rings. The van der Waals surface area contributed by atoms with Crippen LogP contribution in [-0.4, -0.2) is 71.0 Å². The van der Waals surface area contributed by atoms with Crippen LogP contribution in [0.3, 0.4) is 0 Å². The van der Waals surface area contributed by atoms with Gasteiger partial charge in [0, 0.05) is 18.8 Å². The summed E-state index contributed by atoms with van der Waals surface area (Å²) in [5, 5.41) is 20.1. The number of hydrogen-bond donors (Lipinski definition) is 5. The van der Waals surface area contributed by atoms with Crippen molar-refractivity contribution in [3.8, 4) is 0 Å². The van der Waals surface area contributed by atoms with E-state index in [-0.39, 0.29) is 25.9 Å². The Balaban J connectivity index is 0.00000512. The molecule has 0 bridgehead atoms. The van der Waals surface area contributed by atoms with Crippen LogP contribution in [0.4, 0.5) is 0 Å². The van der Waals surface area contributed by atoms with Gasteiger partial charge in [-0.3, -0.25) is 23.5 Å². The van der Waals surface area contributed by atoms with Crippen molar-refractivity contribution in [1.29, 1.82) is 0 Å². The van der Waals surface area contributed by atoms with Gasteiger partial charge < -0.3 is 50.4 Å². The number of aromatic nitrogens is 2. The molecule has 0 saturated carbocycles. The highest BCUT2D eigenvalue weighted by atomic mass is 31.3. The van der Waals surface area contributed by atoms with E-state index in [1.807, 2.05) is 4.98 Å². The molecule has 0 aromatic carbocycles. The molecular weight excluding hydrogens is 482 g/mol. The number of H-pyrrole nitrogens is 1. The van der Waals surface area contributed by atoms with E-state index in [4.69, 9.17) is 15.2 Å². The molecule has 0 radical (unpaired) electrons. The quantitative estimate of drug-likeness (QED) is 0.135. The Kier molecular flexibility index (Phi) is 11.0. The summed E-state index contributed by atoms with van der Waals surface area (Å²) in [6.07, 6.45) is -5.41. The van der Waals surface area contributed by atoms with Crippen molar-refractivity contribution < 1.29 is 52.0 Å². The first-order chi connectivity index (χ1) is 14.5. The van der Waals surface area contributed by atoms with Gasteiger partial charge in [-0.2, -0.15) is 0 Å². The molecule has 32 heavy (non-hydrogen) atoms. The Morgan fingerprint density at radius 1 is 1.12 bits per heavy atom. The standard InChI is InChI=1S/C13H23N3O13P2.H3N/c14-2-4-25-5-6-26-30(21,22)29-31(23,24)27-7-8-10(18)11(19)12(28-8)16-3-1-9(17)15-13(16)20;/h1,3,8,10-12,18-19H,2,4-7,14H2,(H,21,22)(H,23,24)(H,15,17,20);1H3/p-1. The van der Waals surface area contributed by atoms with Gasteiger partial charge >= 0.3 is 5.69 Å². The molecule has 17 nitrogen and oxygen atoms in total. The molecule has 0 amide bonds. The number of aliphatic hydroxyl groups is 2. The molecule has 0 aliphatic carbocycles. The number of quaternary nitrogens is 1. The van der Waals surface area contributed by atoms with Crippen molar-refractivity contribution in [2.45, 2.75) is 24.5 Å². The van der Waals surface area contributed by atoms with Gasteiger partial charge in [0.15, 0.2) is 6.23 Å². The summed E-state index contributed by atoms with van der Waals surface area (Å²) in [7, 11) is -10.8. The third-order valence-corrected chi connectivity index (χ3v) is 6.36. The van der Waals surface area contributed by atoms with Crippen molar-refractivity contribution in [1.82, 2.24) is 15.7 Å². The van der Waals surface area contributed by atoms with Gasteiger partial charge in [-0.25, -0.2) is 9.11 Å². The van der Waals surface area contributed by atoms with Crippen molar-refractivity contribution in [2.24, 2.45) is 5.73 Å². The van der Waals surface area contributed by atoms with E-state index in [9.17, 15) is 38.7 Å². The summed E-state index contributed by atoms with van der Waals surface area (Å²) in [6.45, 7) is -1.36. The van der Waals surface area contributed by atoms with Gasteiger partial charge in [0.05, 0.1) is 26.4 Å². The van der Waals surface area contributed by atoms with Gasteiger partial charge in [0.2, 0.25) is 0 Å². The predicted octanol–water partition coefficient (Wildman–Crippen LogP) is -3.51. The fourth-order valence-electron chi connectivity index (χ4n) is 2.45. The molecule has 19 heteroatoms. The largest absolute Gasteiger partial charge is 0.756 e. The maximum absolute atomic E-state index is 11.8. The first kappa shape index (κ1) is 28.7. The second-order valence-corrected chi connectivity index (χ2v) is 9.03. The van der Waals surface area contributed by atoms with E-state index in [0.29, 0.717) is 0 Å². The number of phosphoric ester groups is 2. The summed E-state index contributed by atoms with van der Waals surface area (Å²) in [4.78, 5) is 48.1. The molecule has 9 N–H and O–H groups in total. The minimum atomic E-state index is -5.48. The van der Waals surface area contributed by atoms with Gasteiger partial charge in [-0.15, -0.1) is 0 Å². The molecule has 2 rings (SSSR count). The van der Waals surface area contributed by atoms with E-state index in [1.165, 1.54) is 0 Å². The topological polar surface area (TPSA) is 284 Å². The third kappa shape index (κ3) is 8.24. The average molecular weight is 507 g/mol. The molecular formula is C13H25N4O13P2-. The monoisotopic (exact) mass is 507 g/mol. The van der Waals surface area contributed by atoms with Crippen LogP contribution < -0.4 is 32.9 Å². The minimum absolute atomic E-state index is 0. The maximum atomic E-state index is 11.8. The predicted molar refractivity (Wildman–Crippen MR) is 101 cm³/mol. The summed E-state index contributed by atoms with van der Waals surface area (Å²) in [5.41, 5.74) is 3.49. The Labute approximate surface area is 180 Å². The third-order valence-electron chi connectivity index (χ3n) is 3.80. The zero-order valence-electron chi connectivity index (χ0n) is 16.8. The number of phosphoric acid groups is 2. The number of nitrogens with zero attached hydrogens (tertiary/aromatic N) is 1. The van der Waals surface area contributed by atoms with E-state index in [2.05, 4.69) is 13.4 Å². The van der Waals surface area contributed by atoms with E-state index < -0.39 is 64.6 Å². The first-order valence-electron chi connectivity index (χ1n) is 8.69. The average Bonchev–Trinajstić information content (AvgIpc) is 2.94. The lowest BCUT2D eigenvalue weighted by molar-refractivity contribution is -0.245. The van der Waals surface area contributed by atoms with Crippen LogP contribution in [0.25, 0.3) is 0 Å². The van der Waals surface area contributed by atoms with Crippen LogP contribution in [0.5, 0.6) is 0 Å². The Bertz CT molecular complexity index is 939. The number of aromatic amines is 1. The zero-order valence-corrected chi connectivity index (χ0v) is 18.6. The molecule has 1 saturated heterocycles. The van der Waals surface area contributed by atoms with Crippen molar-refractivity contribution in [3.63, 3.8) is 0 Å². The molecule has 186 valence electrons. The lowest BCUT2D eigenvalue weighted by Crippen LogP contribution is -2.37. The molecule has 1 fully saturated rings. The van der Waals surface area contributed by atoms with Crippen molar-refractivity contribution in [2.75, 3.05) is 33.0 Å². The molecule has 6 unspecified atom stereocenters. The normalized spacial score (nSPS) is 26.8. The fraction of sp³-hybridized carbons (Fsp3) is 0.692. The van der Waals surface area contributed by atoms with Gasteiger partial charge in [-0.05, 0) is 0 Å². The van der Waals surface area contributed by atoms with Crippen LogP contribution in [0.15, 0.2) is 21.9 Å². The van der Waals surface area contributed by atoms with Crippen LogP contribution in [0.2, 0.25) is 0 Å². The van der Waals surface area contributed by atoms with Gasteiger partial charge in [0.1, 0.15) is 18.3 Å². The molecule has 6 atom stereocenters. The lowest BCUT2D eigenvalue weighted by atomic mass is 10.1. The lowest BCUT2D eigenvalue weighted by Gasteiger charge is -2.31. The maximum Gasteiger partial charge on any atom is 0.330 e. The highest BCUT2D eigenvalue weighted by molar-refractivity contribution is 7.59.